The van der Waals surface area contributed by atoms with Crippen molar-refractivity contribution >= 4 is 17.5 Å². The zero-order valence-electron chi connectivity index (χ0n) is 15.0. The predicted molar refractivity (Wildman–Crippen MR) is 105 cm³/mol. The molecule has 140 valence electrons. The third kappa shape index (κ3) is 2.80. The largest absolute Gasteiger partial charge is 0.268 e. The number of anilines is 1. The fourth-order valence-electron chi connectivity index (χ4n) is 3.44. The van der Waals surface area contributed by atoms with Crippen LogP contribution in [0.3, 0.4) is 0 Å². The second kappa shape index (κ2) is 6.49. The minimum Gasteiger partial charge on any atom is -0.268 e. The topological polar surface area (TPSA) is 79.0 Å². The molecule has 0 spiro atoms. The number of rotatable bonds is 3. The Bertz CT molecular complexity index is 1250. The summed E-state index contributed by atoms with van der Waals surface area (Å²) in [6.07, 6.45) is 1.62. The summed E-state index contributed by atoms with van der Waals surface area (Å²) in [7, 11) is 0. The van der Waals surface area contributed by atoms with Crippen molar-refractivity contribution in [1.29, 1.82) is 0 Å². The van der Waals surface area contributed by atoms with Gasteiger partial charge in [-0.15, -0.1) is 5.10 Å². The van der Waals surface area contributed by atoms with Crippen LogP contribution in [0.25, 0.3) is 22.4 Å². The zero-order valence-corrected chi connectivity index (χ0v) is 15.0. The summed E-state index contributed by atoms with van der Waals surface area (Å²) >= 11 is 0. The molecule has 0 bridgehead atoms. The summed E-state index contributed by atoms with van der Waals surface area (Å²) in [4.78, 5) is 27.1. The Morgan fingerprint density at radius 3 is 2.31 bits per heavy atom. The van der Waals surface area contributed by atoms with Gasteiger partial charge in [0.15, 0.2) is 0 Å². The number of nitrogens with zero attached hydrogens (tertiary/aromatic N) is 3. The first-order valence-corrected chi connectivity index (χ1v) is 8.87. The Hall–Kier alpha value is -4.13. The van der Waals surface area contributed by atoms with E-state index >= 15 is 0 Å². The van der Waals surface area contributed by atoms with Crippen molar-refractivity contribution in [2.75, 3.05) is 4.90 Å². The van der Waals surface area contributed by atoms with Crippen LogP contribution in [0.15, 0.2) is 72.9 Å². The van der Waals surface area contributed by atoms with E-state index in [1.165, 1.54) is 12.1 Å². The van der Waals surface area contributed by atoms with Crippen molar-refractivity contribution in [1.82, 2.24) is 15.4 Å². The van der Waals surface area contributed by atoms with E-state index < -0.39 is 5.91 Å². The standard InChI is InChI=1S/C22H13FN4O2/c23-16-7-4-13(5-8-16)14-2-1-3-17(10-14)27-21(28)18-9-6-15(11-19(18)22(27)29)20-12-24-26-25-20/h1-12H,(H,24,25,26). The maximum Gasteiger partial charge on any atom is 0.266 e. The number of carbonyl (C=O) groups is 2. The fourth-order valence-corrected chi connectivity index (χ4v) is 3.44. The molecule has 0 saturated heterocycles. The van der Waals surface area contributed by atoms with Gasteiger partial charge in [-0.1, -0.05) is 35.5 Å². The Labute approximate surface area is 164 Å². The van der Waals surface area contributed by atoms with Crippen molar-refractivity contribution in [3.8, 4) is 22.4 Å². The third-order valence-corrected chi connectivity index (χ3v) is 4.88. The number of carbonyl (C=O) groups excluding carboxylic acids is 2. The van der Waals surface area contributed by atoms with E-state index in [1.807, 2.05) is 6.07 Å². The maximum absolute atomic E-state index is 13.2. The van der Waals surface area contributed by atoms with Gasteiger partial charge in [0, 0.05) is 11.8 Å². The Morgan fingerprint density at radius 2 is 1.55 bits per heavy atom. The molecule has 1 N–H and O–H groups in total. The number of nitrogens with one attached hydrogen (secondary N) is 1. The molecule has 0 fully saturated rings. The number of benzene rings is 3. The smallest absolute Gasteiger partial charge is 0.266 e. The number of aromatic amines is 1. The van der Waals surface area contributed by atoms with Gasteiger partial charge < -0.3 is 0 Å². The quantitative estimate of drug-likeness (QED) is 0.540. The van der Waals surface area contributed by atoms with Gasteiger partial charge in [-0.25, -0.2) is 9.29 Å². The molecule has 7 heteroatoms. The Kier molecular flexibility index (Phi) is 3.80. The number of aromatic nitrogens is 3. The first-order valence-electron chi connectivity index (χ1n) is 8.87. The van der Waals surface area contributed by atoms with Crippen LogP contribution in [0.4, 0.5) is 10.1 Å². The molecule has 1 aliphatic heterocycles. The van der Waals surface area contributed by atoms with Gasteiger partial charge in [0.25, 0.3) is 11.8 Å². The van der Waals surface area contributed by atoms with Crippen LogP contribution in [0.5, 0.6) is 0 Å². The Balaban J connectivity index is 1.53. The van der Waals surface area contributed by atoms with Crippen molar-refractivity contribution in [3.63, 3.8) is 0 Å². The van der Waals surface area contributed by atoms with E-state index in [0.29, 0.717) is 28.1 Å². The summed E-state index contributed by atoms with van der Waals surface area (Å²) < 4.78 is 13.2. The Morgan fingerprint density at radius 1 is 0.793 bits per heavy atom. The number of hydrogen-bond donors (Lipinski definition) is 1. The molecule has 2 amide bonds. The summed E-state index contributed by atoms with van der Waals surface area (Å²) in [6, 6.07) is 18.1. The lowest BCUT2D eigenvalue weighted by molar-refractivity contribution is 0.0926. The molecule has 0 aliphatic carbocycles. The molecular formula is C22H13FN4O2. The van der Waals surface area contributed by atoms with E-state index in [2.05, 4.69) is 15.4 Å². The van der Waals surface area contributed by atoms with Gasteiger partial charge in [0.2, 0.25) is 0 Å². The highest BCUT2D eigenvalue weighted by molar-refractivity contribution is 6.34. The molecule has 0 atom stereocenters. The molecule has 1 aliphatic rings. The van der Waals surface area contributed by atoms with Gasteiger partial charge >= 0.3 is 0 Å². The van der Waals surface area contributed by atoms with Crippen LogP contribution in [0.2, 0.25) is 0 Å². The average molecular weight is 384 g/mol. The van der Waals surface area contributed by atoms with Gasteiger partial charge in [0.1, 0.15) is 11.5 Å². The number of H-pyrrole nitrogens is 1. The predicted octanol–water partition coefficient (Wildman–Crippen LogP) is 4.08. The normalized spacial score (nSPS) is 13.1. The summed E-state index contributed by atoms with van der Waals surface area (Å²) in [5.41, 5.74) is 3.98. The lowest BCUT2D eigenvalue weighted by Gasteiger charge is -2.15. The summed E-state index contributed by atoms with van der Waals surface area (Å²) in [6.45, 7) is 0. The van der Waals surface area contributed by atoms with Crippen LogP contribution in [0.1, 0.15) is 20.7 Å². The van der Waals surface area contributed by atoms with Gasteiger partial charge in [-0.05, 0) is 47.5 Å². The van der Waals surface area contributed by atoms with Crippen LogP contribution in [0, 0.1) is 5.82 Å². The highest BCUT2D eigenvalue weighted by Gasteiger charge is 2.37. The molecule has 6 nitrogen and oxygen atoms in total. The molecule has 0 saturated carbocycles. The second-order valence-electron chi connectivity index (χ2n) is 6.62. The molecular weight excluding hydrogens is 371 g/mol. The first kappa shape index (κ1) is 17.0. The van der Waals surface area contributed by atoms with E-state index in [4.69, 9.17) is 0 Å². The molecule has 4 aromatic rings. The van der Waals surface area contributed by atoms with Gasteiger partial charge in [-0.2, -0.15) is 0 Å². The molecule has 5 rings (SSSR count). The van der Waals surface area contributed by atoms with Crippen LogP contribution >= 0.6 is 0 Å². The molecule has 29 heavy (non-hydrogen) atoms. The average Bonchev–Trinajstić information content (AvgIpc) is 3.36. The molecule has 0 unspecified atom stereocenters. The number of halogens is 1. The van der Waals surface area contributed by atoms with Gasteiger partial charge in [-0.3, -0.25) is 14.7 Å². The molecule has 2 heterocycles. The van der Waals surface area contributed by atoms with Crippen molar-refractivity contribution in [3.05, 3.63) is 89.9 Å². The SMILES string of the molecule is O=C1c2ccc(-c3c[nH]nn3)cc2C(=O)N1c1cccc(-c2ccc(F)cc2)c1. The lowest BCUT2D eigenvalue weighted by Crippen LogP contribution is -2.29. The minimum atomic E-state index is -0.397. The zero-order chi connectivity index (χ0) is 20.0. The summed E-state index contributed by atoms with van der Waals surface area (Å²) in [5, 5.41) is 10.2. The van der Waals surface area contributed by atoms with Crippen LogP contribution in [-0.4, -0.2) is 27.2 Å². The van der Waals surface area contributed by atoms with Crippen LogP contribution in [-0.2, 0) is 0 Å². The minimum absolute atomic E-state index is 0.322. The monoisotopic (exact) mass is 384 g/mol. The van der Waals surface area contributed by atoms with E-state index in [9.17, 15) is 14.0 Å². The molecule has 0 radical (unpaired) electrons. The van der Waals surface area contributed by atoms with Gasteiger partial charge in [0.05, 0.1) is 16.8 Å². The third-order valence-electron chi connectivity index (χ3n) is 4.88. The number of imide groups is 1. The number of amides is 2. The highest BCUT2D eigenvalue weighted by atomic mass is 19.1. The van der Waals surface area contributed by atoms with Crippen molar-refractivity contribution in [2.24, 2.45) is 0 Å². The second-order valence-corrected chi connectivity index (χ2v) is 6.62. The first-order chi connectivity index (χ1) is 14.1. The fraction of sp³-hybridized carbons (Fsp3) is 0. The van der Waals surface area contributed by atoms with Crippen molar-refractivity contribution in [2.45, 2.75) is 0 Å². The maximum atomic E-state index is 13.2. The molecule has 3 aromatic carbocycles. The van der Waals surface area contributed by atoms with E-state index in [1.54, 1.807) is 54.7 Å². The van der Waals surface area contributed by atoms with E-state index in [-0.39, 0.29) is 11.7 Å². The number of hydrogen-bond acceptors (Lipinski definition) is 4. The van der Waals surface area contributed by atoms with Crippen molar-refractivity contribution < 1.29 is 14.0 Å². The van der Waals surface area contributed by atoms with Crippen LogP contribution < -0.4 is 4.90 Å². The molecule has 1 aromatic heterocycles. The lowest BCUT2D eigenvalue weighted by atomic mass is 10.0. The highest BCUT2D eigenvalue weighted by Crippen LogP contribution is 2.33. The summed E-state index contributed by atoms with van der Waals surface area (Å²) in [5.74, 6) is -1.10. The van der Waals surface area contributed by atoms with E-state index in [0.717, 1.165) is 16.0 Å². The number of fused-ring (bicyclic) bond motifs is 1.